The molecule has 13 nitrogen and oxygen atoms in total. The van der Waals surface area contributed by atoms with Gasteiger partial charge in [-0.2, -0.15) is 35.1 Å². The van der Waals surface area contributed by atoms with Crippen LogP contribution in [0.1, 0.15) is 445 Å². The average Bonchev–Trinajstić information content (AvgIpc) is 1.49. The molecule has 26 heteroatoms. The lowest BCUT2D eigenvalue weighted by molar-refractivity contribution is -0.128. The maximum Gasteiger partial charge on any atom is 0.346 e. The Morgan fingerprint density at radius 2 is 0.704 bits per heavy atom. The number of hydrogen-bond acceptors (Lipinski definition) is 13. The van der Waals surface area contributed by atoms with Crippen LogP contribution in [0.5, 0.6) is 0 Å². The lowest BCUT2D eigenvalue weighted by Crippen LogP contribution is -2.42. The van der Waals surface area contributed by atoms with Gasteiger partial charge in [0.1, 0.15) is 5.78 Å². The summed E-state index contributed by atoms with van der Waals surface area (Å²) in [6.07, 6.45) is 42.3. The minimum atomic E-state index is -4.55. The fraction of sp³-hybridized carbons (Fsp3) is 0.836. The second-order valence-electron chi connectivity index (χ2n) is 51.8. The summed E-state index contributed by atoms with van der Waals surface area (Å²) in [4.78, 5) is 12.2. The maximum absolute atomic E-state index is 14.4. The molecule has 0 aromatic heterocycles. The lowest BCUT2D eigenvalue weighted by atomic mass is 9.60. The number of carbonyl (C=O) groups excluding carboxylic acids is 1. The van der Waals surface area contributed by atoms with Gasteiger partial charge < -0.3 is 10.2 Å². The normalized spacial score (nSPS) is 30.7. The van der Waals surface area contributed by atoms with Crippen LogP contribution in [0.15, 0.2) is 106 Å². The van der Waals surface area contributed by atoms with Crippen molar-refractivity contribution < 1.29 is 92.2 Å². The summed E-state index contributed by atoms with van der Waals surface area (Å²) in [6.45, 7) is 63.8. The van der Waals surface area contributed by atoms with Crippen LogP contribution >= 0.6 is 0 Å². The monoisotopic (exact) mass is 2110 g/mol. The van der Waals surface area contributed by atoms with Crippen molar-refractivity contribution in [2.45, 2.75) is 502 Å². The van der Waals surface area contributed by atoms with Crippen LogP contribution in [0.3, 0.4) is 0 Å². The summed E-state index contributed by atoms with van der Waals surface area (Å²) in [5.74, 6) is 5.16. The molecule has 7 fully saturated rings. The highest BCUT2D eigenvalue weighted by atomic mass is 32.2. The van der Waals surface area contributed by atoms with Gasteiger partial charge in [-0.05, 0) is 394 Å². The first-order valence-corrected chi connectivity index (χ1v) is 61.9. The number of aliphatic hydroxyl groups is 2. The molecule has 12 rings (SSSR count). The Morgan fingerprint density at radius 3 is 1.06 bits per heavy atom. The van der Waals surface area contributed by atoms with Crippen molar-refractivity contribution in [1.29, 1.82) is 0 Å². The van der Waals surface area contributed by atoms with Gasteiger partial charge in [0.15, 0.2) is 9.84 Å². The molecular weight excluding hydrogens is 1910 g/mol. The largest absolute Gasteiger partial charge is 0.393 e. The SMILES string of the molecule is C=C1CCC(O)CC1.C=C1CCC[C@]2(C)C([C@H](C)CCC(F)(F)S(=O)(=O)C(C)(C)C)=CC[C@@H]12.C=C1CC[C@H](C)C/C1=C/CC.C[C@H](CCC(F)(F)S(=O)(=O)C(C)(C)C)C1=CC[C@H]2C(=O)CCC[C@]12C.C[C@H](CCC(F)(F)S(=O)(=O)C(C)(C)C)C1=CC[C@H]2[C@@H](C)CCC[C@]12C.C[C@H](CCC(F)(F)S(=O)(=O)C(C)(C)C)C1=CC[C@H]2[C@@H](O)CCC[C@]12C.C[C@H](CCCS(=O)(=O)C(C)(C)C)C1=CC[C@H]2[C@@H](C)CCC[C@]12C. The summed E-state index contributed by atoms with van der Waals surface area (Å²) in [7, 11) is -21.1. The van der Waals surface area contributed by atoms with E-state index in [1.54, 1.807) is 26.3 Å². The van der Waals surface area contributed by atoms with Gasteiger partial charge in [-0.1, -0.05) is 223 Å². The fourth-order valence-corrected chi connectivity index (χ4v) is 32.6. The van der Waals surface area contributed by atoms with Gasteiger partial charge >= 0.3 is 21.0 Å². The molecule has 0 saturated heterocycles. The van der Waals surface area contributed by atoms with Crippen LogP contribution in [-0.2, 0) is 54.0 Å². The Kier molecular flexibility index (Phi) is 43.1. The molecule has 0 amide bonds. The first-order chi connectivity index (χ1) is 64.5. The Labute approximate surface area is 859 Å². The van der Waals surface area contributed by atoms with Crippen LogP contribution in [0.4, 0.5) is 35.1 Å². The molecule has 7 saturated carbocycles. The quantitative estimate of drug-likeness (QED) is 0.0607. The number of halogens is 8. The van der Waals surface area contributed by atoms with E-state index in [4.69, 9.17) is 5.11 Å². The van der Waals surface area contributed by atoms with E-state index in [0.29, 0.717) is 47.7 Å². The predicted molar refractivity (Wildman–Crippen MR) is 573 cm³/mol. The molecule has 0 aromatic carbocycles. The van der Waals surface area contributed by atoms with Crippen LogP contribution in [0.2, 0.25) is 0 Å². The molecule has 0 heterocycles. The van der Waals surface area contributed by atoms with E-state index < -0.39 is 120 Å². The van der Waals surface area contributed by atoms with Crippen LogP contribution in [-0.4, -0.2) is 121 Å². The van der Waals surface area contributed by atoms with E-state index in [1.807, 2.05) is 33.8 Å². The zero-order valence-corrected chi connectivity index (χ0v) is 97.4. The molecule has 12 aliphatic rings. The van der Waals surface area contributed by atoms with E-state index in [0.717, 1.165) is 151 Å². The molecule has 2 N–H and O–H groups in total. The van der Waals surface area contributed by atoms with Crippen molar-refractivity contribution in [2.24, 2.45) is 104 Å². The van der Waals surface area contributed by atoms with Gasteiger partial charge in [0.2, 0.25) is 39.3 Å². The molecule has 0 aliphatic heterocycles. The molecule has 142 heavy (non-hydrogen) atoms. The molecule has 0 radical (unpaired) electrons. The van der Waals surface area contributed by atoms with Crippen molar-refractivity contribution in [2.75, 3.05) is 5.75 Å². The van der Waals surface area contributed by atoms with Crippen molar-refractivity contribution in [3.05, 3.63) is 106 Å². The predicted octanol–water partition coefficient (Wildman–Crippen LogP) is 32.1. The van der Waals surface area contributed by atoms with E-state index >= 15 is 0 Å². The summed E-state index contributed by atoms with van der Waals surface area (Å²) in [5.41, 5.74) is 11.9. The highest BCUT2D eigenvalue weighted by molar-refractivity contribution is 7.94. The Balaban J connectivity index is 0.000000259. The number of allylic oxidation sites excluding steroid dienone is 15. The topological polar surface area (TPSA) is 228 Å². The van der Waals surface area contributed by atoms with Gasteiger partial charge in [-0.3, -0.25) is 4.79 Å². The van der Waals surface area contributed by atoms with Gasteiger partial charge in [0, 0.05) is 38.0 Å². The first kappa shape index (κ1) is 127. The Hall–Kier alpha value is -3.56. The molecule has 0 bridgehead atoms. The maximum atomic E-state index is 14.4. The van der Waals surface area contributed by atoms with E-state index in [-0.39, 0.29) is 101 Å². The lowest BCUT2D eigenvalue weighted by Gasteiger charge is -2.44. The van der Waals surface area contributed by atoms with Gasteiger partial charge in [-0.25, -0.2) is 42.1 Å². The number of rotatable bonds is 26. The summed E-state index contributed by atoms with van der Waals surface area (Å²) in [5, 5.41) is 4.45. The number of fused-ring (bicyclic) bond motifs is 5. The summed E-state index contributed by atoms with van der Waals surface area (Å²) < 4.78 is 231. The molecule has 12 aliphatic carbocycles. The molecule has 19 atom stereocenters. The van der Waals surface area contributed by atoms with E-state index in [9.17, 15) is 87.1 Å². The fourth-order valence-electron chi connectivity index (χ4n) is 26.4. The molecule has 0 spiro atoms. The second kappa shape index (κ2) is 48.2. The van der Waals surface area contributed by atoms with Gasteiger partial charge in [-0.15, -0.1) is 0 Å². The summed E-state index contributed by atoms with van der Waals surface area (Å²) in [6, 6.07) is 0. The highest BCUT2D eigenvalue weighted by Crippen LogP contribution is 2.63. The van der Waals surface area contributed by atoms with Gasteiger partial charge in [0.05, 0.1) is 41.7 Å². The van der Waals surface area contributed by atoms with E-state index in [1.165, 1.54) is 174 Å². The third-order valence-electron chi connectivity index (χ3n) is 36.1. The zero-order chi connectivity index (χ0) is 109. The second-order valence-corrected chi connectivity index (χ2v) is 66.0. The number of ketones is 1. The Bertz CT molecular complexity index is 4880. The van der Waals surface area contributed by atoms with Gasteiger partial charge in [0.25, 0.3) is 0 Å². The first-order valence-electron chi connectivity index (χ1n) is 54.3. The molecule has 0 aromatic rings. The minimum Gasteiger partial charge on any atom is -0.393 e. The van der Waals surface area contributed by atoms with Crippen molar-refractivity contribution in [1.82, 2.24) is 0 Å². The number of hydrogen-bond donors (Lipinski definition) is 2. The number of carbonyl (C=O) groups is 1. The number of Topliss-reactive ketones (excluding diaryl/α,β-unsaturated/α-hetero) is 1. The highest BCUT2D eigenvalue weighted by Gasteiger charge is 2.59. The molecular formula is C116H194F8O13S5. The minimum absolute atomic E-state index is 0.00124. The summed E-state index contributed by atoms with van der Waals surface area (Å²) >= 11 is 0. The van der Waals surface area contributed by atoms with E-state index in [2.05, 4.69) is 119 Å². The average molecular weight is 2110 g/mol. The number of aliphatic hydroxyl groups excluding tert-OH is 2. The number of alkyl halides is 8. The van der Waals surface area contributed by atoms with Crippen molar-refractivity contribution >= 4 is 55.0 Å². The standard InChI is InChI=1S/C20H34F2O2S.C20H32F2O2S.C20H36O2S.C19H32F2O3S.C19H30F2O3S.C11H18.C7H12O/c2*1-14-8-7-12-19(6)16(14)9-10-17(19)15(2)11-13-20(21,22)25(23,24)18(3,4)5;1-15-9-7-13-20(6)17(15)11-12-18(20)16(2)10-8-14-23(21,22)19(3,4)5;2*1-13(10-12-19(20,21)25(23,24)17(2,3)4)14-8-9-15-16(22)7-6-11-18(14,15)5;1-4-5-11-8-9(2)6-7-10(11)3;1-6-2-4-7(8)5-3-6/h10,14-16H,7-9,11-13H2,1-6H3;10,15-16H,1,7-9,11-13H2,2-6H3;12,15-17H,7-11,13-14H2,1-6H3;8,13,15-16,22H,6-7,9-12H2,1-5H3;8,13,15H,6-7,9-12H2,1-5H3;5,9H,3-4,6-8H2,1-2H3;7-8H,1-5H2/b;;;;;11-5-;/t14-,15+,16-,19-;15-,16+,19+;15-,16+,17-,20-;13-,15+,16+,18-;13-,15+,18-;9-;/m010110./s1. The molecule has 822 valence electrons. The van der Waals surface area contributed by atoms with Crippen LogP contribution < -0.4 is 0 Å². The van der Waals surface area contributed by atoms with Crippen LogP contribution in [0.25, 0.3) is 0 Å². The molecule has 0 unspecified atom stereocenters. The van der Waals surface area contributed by atoms with Crippen molar-refractivity contribution in [3.63, 3.8) is 0 Å². The van der Waals surface area contributed by atoms with Crippen LogP contribution in [0, 0.1) is 104 Å². The third-order valence-corrected chi connectivity index (χ3v) is 49.2. The Morgan fingerprint density at radius 1 is 0.394 bits per heavy atom. The zero-order valence-electron chi connectivity index (χ0n) is 93.3. The third kappa shape index (κ3) is 28.9. The van der Waals surface area contributed by atoms with Crippen molar-refractivity contribution in [3.8, 4) is 0 Å². The number of sulfone groups is 5. The smallest absolute Gasteiger partial charge is 0.346 e.